The predicted octanol–water partition coefficient (Wildman–Crippen LogP) is -1.29. The van der Waals surface area contributed by atoms with Gasteiger partial charge in [-0.15, -0.1) is 0 Å². The first kappa shape index (κ1) is 11.4. The van der Waals surface area contributed by atoms with Gasteiger partial charge in [-0.1, -0.05) is 0 Å². The van der Waals surface area contributed by atoms with Gasteiger partial charge in [-0.25, -0.2) is 4.79 Å². The second kappa shape index (κ2) is 5.13. The maximum Gasteiger partial charge on any atom is 0.394 e. The fourth-order valence-corrected chi connectivity index (χ4v) is 0.609. The van der Waals surface area contributed by atoms with E-state index in [1.807, 2.05) is 5.32 Å². The highest BCUT2D eigenvalue weighted by molar-refractivity contribution is 6.31. The molecule has 0 spiro atoms. The van der Waals surface area contributed by atoms with Crippen molar-refractivity contribution in [2.75, 3.05) is 6.54 Å². The Kier molecular flexibility index (Phi) is 4.50. The van der Waals surface area contributed by atoms with E-state index in [-0.39, 0.29) is 12.6 Å². The van der Waals surface area contributed by atoms with E-state index in [0.29, 0.717) is 0 Å². The normalized spacial score (nSPS) is 9.46. The molecule has 0 aromatic heterocycles. The highest BCUT2D eigenvalue weighted by atomic mass is 16.4. The summed E-state index contributed by atoms with van der Waals surface area (Å²) < 4.78 is 0. The fourth-order valence-electron chi connectivity index (χ4n) is 0.609. The molecule has 0 aromatic rings. The van der Waals surface area contributed by atoms with Gasteiger partial charge in [0.1, 0.15) is 0 Å². The van der Waals surface area contributed by atoms with E-state index in [1.54, 1.807) is 13.8 Å². The Morgan fingerprint density at radius 2 is 1.85 bits per heavy atom. The largest absolute Gasteiger partial charge is 0.474 e. The summed E-state index contributed by atoms with van der Waals surface area (Å²) in [7, 11) is 0. The van der Waals surface area contributed by atoms with E-state index in [1.165, 1.54) is 0 Å². The SMILES string of the molecule is CC(C)NC(=O)CNC(=O)C(=O)O. The molecule has 0 atom stereocenters. The van der Waals surface area contributed by atoms with Crippen LogP contribution in [0.25, 0.3) is 0 Å². The molecule has 0 bridgehead atoms. The van der Waals surface area contributed by atoms with Gasteiger partial charge in [-0.05, 0) is 13.8 Å². The van der Waals surface area contributed by atoms with E-state index in [0.717, 1.165) is 0 Å². The standard InChI is InChI=1S/C7H12N2O4/c1-4(2)9-5(10)3-8-6(11)7(12)13/h4H,3H2,1-2H3,(H,8,11)(H,9,10)(H,12,13). The third-order valence-corrected chi connectivity index (χ3v) is 1.05. The number of aliphatic carboxylic acids is 1. The van der Waals surface area contributed by atoms with Crippen LogP contribution in [0, 0.1) is 0 Å². The van der Waals surface area contributed by atoms with Crippen LogP contribution in [0.3, 0.4) is 0 Å². The Morgan fingerprint density at radius 3 is 2.23 bits per heavy atom. The number of carboxylic acid groups (broad SMARTS) is 1. The Balaban J connectivity index is 3.71. The molecule has 2 amide bonds. The topological polar surface area (TPSA) is 95.5 Å². The van der Waals surface area contributed by atoms with Crippen molar-refractivity contribution in [1.82, 2.24) is 10.6 Å². The summed E-state index contributed by atoms with van der Waals surface area (Å²) in [6.45, 7) is 3.21. The maximum atomic E-state index is 10.9. The van der Waals surface area contributed by atoms with Crippen molar-refractivity contribution in [2.24, 2.45) is 0 Å². The number of nitrogens with one attached hydrogen (secondary N) is 2. The van der Waals surface area contributed by atoms with Crippen molar-refractivity contribution >= 4 is 17.8 Å². The molecular weight excluding hydrogens is 176 g/mol. The molecule has 6 heteroatoms. The molecular formula is C7H12N2O4. The van der Waals surface area contributed by atoms with Crippen LogP contribution in [0.2, 0.25) is 0 Å². The molecule has 0 unspecified atom stereocenters. The first-order valence-electron chi connectivity index (χ1n) is 3.74. The fraction of sp³-hybridized carbons (Fsp3) is 0.571. The van der Waals surface area contributed by atoms with Crippen LogP contribution in [0.4, 0.5) is 0 Å². The number of carbonyl (C=O) groups excluding carboxylic acids is 2. The van der Waals surface area contributed by atoms with E-state index in [4.69, 9.17) is 5.11 Å². The molecule has 0 saturated carbocycles. The lowest BCUT2D eigenvalue weighted by atomic mass is 10.4. The Labute approximate surface area is 75.3 Å². The lowest BCUT2D eigenvalue weighted by molar-refractivity contribution is -0.150. The number of rotatable bonds is 3. The molecule has 0 aromatic carbocycles. The zero-order chi connectivity index (χ0) is 10.4. The molecule has 0 heterocycles. The molecule has 0 aliphatic rings. The quantitative estimate of drug-likeness (QED) is 0.480. The molecule has 0 aliphatic heterocycles. The van der Waals surface area contributed by atoms with Gasteiger partial charge in [-0.2, -0.15) is 0 Å². The average molecular weight is 188 g/mol. The van der Waals surface area contributed by atoms with Gasteiger partial charge in [0.05, 0.1) is 6.54 Å². The predicted molar refractivity (Wildman–Crippen MR) is 43.9 cm³/mol. The van der Waals surface area contributed by atoms with Crippen LogP contribution < -0.4 is 10.6 Å². The Morgan fingerprint density at radius 1 is 1.31 bits per heavy atom. The van der Waals surface area contributed by atoms with Gasteiger partial charge in [0, 0.05) is 6.04 Å². The summed E-state index contributed by atoms with van der Waals surface area (Å²) in [4.78, 5) is 31.3. The van der Waals surface area contributed by atoms with E-state index >= 15 is 0 Å². The lowest BCUT2D eigenvalue weighted by Gasteiger charge is -2.07. The Hall–Kier alpha value is -1.59. The molecule has 3 N–H and O–H groups in total. The first-order chi connectivity index (χ1) is 5.93. The number of carboxylic acids is 1. The van der Waals surface area contributed by atoms with Crippen molar-refractivity contribution in [1.29, 1.82) is 0 Å². The van der Waals surface area contributed by atoms with Crippen molar-refractivity contribution in [3.8, 4) is 0 Å². The highest BCUT2D eigenvalue weighted by Gasteiger charge is 2.12. The van der Waals surface area contributed by atoms with Crippen molar-refractivity contribution in [3.05, 3.63) is 0 Å². The van der Waals surface area contributed by atoms with E-state index in [2.05, 4.69) is 5.32 Å². The summed E-state index contributed by atoms with van der Waals surface area (Å²) in [5.41, 5.74) is 0. The molecule has 6 nitrogen and oxygen atoms in total. The number of amides is 2. The number of carbonyl (C=O) groups is 3. The van der Waals surface area contributed by atoms with Gasteiger partial charge in [0.15, 0.2) is 0 Å². The minimum Gasteiger partial charge on any atom is -0.474 e. The van der Waals surface area contributed by atoms with Crippen LogP contribution in [-0.4, -0.2) is 35.5 Å². The van der Waals surface area contributed by atoms with E-state index < -0.39 is 17.8 Å². The second-order valence-electron chi connectivity index (χ2n) is 2.71. The zero-order valence-electron chi connectivity index (χ0n) is 7.46. The molecule has 74 valence electrons. The van der Waals surface area contributed by atoms with Gasteiger partial charge in [0.2, 0.25) is 5.91 Å². The van der Waals surface area contributed by atoms with Gasteiger partial charge in [0.25, 0.3) is 0 Å². The van der Waals surface area contributed by atoms with Crippen LogP contribution >= 0.6 is 0 Å². The molecule has 13 heavy (non-hydrogen) atoms. The van der Waals surface area contributed by atoms with Crippen LogP contribution in [0.5, 0.6) is 0 Å². The molecule has 0 saturated heterocycles. The smallest absolute Gasteiger partial charge is 0.394 e. The van der Waals surface area contributed by atoms with Crippen LogP contribution in [0.15, 0.2) is 0 Å². The van der Waals surface area contributed by atoms with Crippen LogP contribution in [0.1, 0.15) is 13.8 Å². The highest BCUT2D eigenvalue weighted by Crippen LogP contribution is 1.75. The molecule has 0 aliphatic carbocycles. The van der Waals surface area contributed by atoms with Gasteiger partial charge >= 0.3 is 11.9 Å². The third kappa shape index (κ3) is 5.66. The minimum atomic E-state index is -1.60. The lowest BCUT2D eigenvalue weighted by Crippen LogP contribution is -2.41. The number of hydrogen-bond donors (Lipinski definition) is 3. The van der Waals surface area contributed by atoms with Gasteiger partial charge < -0.3 is 15.7 Å². The molecule has 0 fully saturated rings. The van der Waals surface area contributed by atoms with Crippen molar-refractivity contribution in [2.45, 2.75) is 19.9 Å². The Bertz CT molecular complexity index is 225. The van der Waals surface area contributed by atoms with Crippen LogP contribution in [-0.2, 0) is 14.4 Å². The summed E-state index contributed by atoms with van der Waals surface area (Å²) in [6.07, 6.45) is 0. The summed E-state index contributed by atoms with van der Waals surface area (Å²) in [6, 6.07) is -0.0331. The summed E-state index contributed by atoms with van der Waals surface area (Å²) in [5.74, 6) is -3.19. The second-order valence-corrected chi connectivity index (χ2v) is 2.71. The summed E-state index contributed by atoms with van der Waals surface area (Å²) >= 11 is 0. The van der Waals surface area contributed by atoms with E-state index in [9.17, 15) is 14.4 Å². The molecule has 0 rings (SSSR count). The van der Waals surface area contributed by atoms with Crippen molar-refractivity contribution < 1.29 is 19.5 Å². The monoisotopic (exact) mass is 188 g/mol. The molecule has 0 radical (unpaired) electrons. The van der Waals surface area contributed by atoms with Crippen molar-refractivity contribution in [3.63, 3.8) is 0 Å². The van der Waals surface area contributed by atoms with Gasteiger partial charge in [-0.3, -0.25) is 9.59 Å². The minimum absolute atomic E-state index is 0.0331. The third-order valence-electron chi connectivity index (χ3n) is 1.05. The maximum absolute atomic E-state index is 10.9. The first-order valence-corrected chi connectivity index (χ1v) is 3.74. The zero-order valence-corrected chi connectivity index (χ0v) is 7.46. The summed E-state index contributed by atoms with van der Waals surface area (Å²) in [5, 5.41) is 12.6. The average Bonchev–Trinajstić information content (AvgIpc) is 1.98. The number of hydrogen-bond acceptors (Lipinski definition) is 3.